The van der Waals surface area contributed by atoms with E-state index < -0.39 is 31.3 Å². The maximum atomic E-state index is 5.01. The second-order valence-corrected chi connectivity index (χ2v) is 31.1. The number of halogens is 3. The molecule has 112 valence electrons. The van der Waals surface area contributed by atoms with Gasteiger partial charge < -0.3 is 0 Å². The predicted octanol–water partition coefficient (Wildman–Crippen LogP) is 6.54. The average Bonchev–Trinajstić information content (AvgIpc) is 2.69. The molecular formula is C14H22Cl3Si2Ta. The third-order valence-electron chi connectivity index (χ3n) is 3.32. The molecule has 0 unspecified atom stereocenters. The maximum absolute atomic E-state index is 5.01. The fourth-order valence-corrected chi connectivity index (χ4v) is 5.02. The molecule has 0 aliphatic heterocycles. The summed E-state index contributed by atoms with van der Waals surface area (Å²) >= 11 is -2.18. The molecule has 0 saturated carbocycles. The van der Waals surface area contributed by atoms with Crippen molar-refractivity contribution in [1.29, 1.82) is 0 Å². The van der Waals surface area contributed by atoms with Gasteiger partial charge in [0.1, 0.15) is 0 Å². The van der Waals surface area contributed by atoms with E-state index in [-0.39, 0.29) is 0 Å². The molecule has 0 radical (unpaired) electrons. The first-order chi connectivity index (χ1) is 8.93. The quantitative estimate of drug-likeness (QED) is 0.354. The van der Waals surface area contributed by atoms with Gasteiger partial charge in [0.05, 0.1) is 16.1 Å². The Hall–Kier alpha value is 1.00. The van der Waals surface area contributed by atoms with Crippen molar-refractivity contribution in [2.45, 2.75) is 39.3 Å². The summed E-state index contributed by atoms with van der Waals surface area (Å²) in [6.45, 7) is 14.6. The van der Waals surface area contributed by atoms with Gasteiger partial charge in [-0.05, 0) is 11.1 Å². The fourth-order valence-electron chi connectivity index (χ4n) is 2.25. The van der Waals surface area contributed by atoms with Crippen molar-refractivity contribution >= 4 is 43.7 Å². The van der Waals surface area contributed by atoms with E-state index in [1.165, 1.54) is 11.1 Å². The van der Waals surface area contributed by atoms with Crippen LogP contribution in [0.5, 0.6) is 0 Å². The van der Waals surface area contributed by atoms with Crippen LogP contribution in [-0.4, -0.2) is 16.1 Å². The van der Waals surface area contributed by atoms with E-state index in [4.69, 9.17) is 27.6 Å². The van der Waals surface area contributed by atoms with Crippen molar-refractivity contribution in [1.82, 2.24) is 0 Å². The molecule has 0 spiro atoms. The normalized spacial score (nSPS) is 17.9. The topological polar surface area (TPSA) is 0 Å². The first-order valence-corrected chi connectivity index (χ1v) is 25.5. The third kappa shape index (κ3) is 5.33. The van der Waals surface area contributed by atoms with Gasteiger partial charge in [-0.3, -0.25) is 0 Å². The van der Waals surface area contributed by atoms with Gasteiger partial charge in [0.2, 0.25) is 0 Å². The Kier molecular flexibility index (Phi) is 6.72. The minimum absolute atomic E-state index is 1.15. The van der Waals surface area contributed by atoms with Crippen LogP contribution in [0.4, 0.5) is 0 Å². The molecule has 0 N–H and O–H groups in total. The van der Waals surface area contributed by atoms with E-state index in [2.05, 4.69) is 63.6 Å². The van der Waals surface area contributed by atoms with Crippen molar-refractivity contribution < 1.29 is 15.2 Å². The molecule has 0 aromatic carbocycles. The Balaban J connectivity index is 0.000000444. The summed E-state index contributed by atoms with van der Waals surface area (Å²) in [5.41, 5.74) is 3.01. The van der Waals surface area contributed by atoms with E-state index in [9.17, 15) is 0 Å². The molecule has 2 aliphatic rings. The van der Waals surface area contributed by atoms with Crippen molar-refractivity contribution in [3.05, 3.63) is 45.8 Å². The molecule has 0 aromatic rings. The summed E-state index contributed by atoms with van der Waals surface area (Å²) in [5, 5.41) is 3.24. The SMILES string of the molecule is C[Si](C)(C)C1=CC2=CC=C([Si](C)(C)C)C2=C1.[Cl][Ta]([Cl])[Cl]. The van der Waals surface area contributed by atoms with Crippen LogP contribution >= 0.6 is 27.6 Å². The van der Waals surface area contributed by atoms with Gasteiger partial charge in [-0.15, -0.1) is 0 Å². The van der Waals surface area contributed by atoms with Gasteiger partial charge in [-0.25, -0.2) is 0 Å². The Bertz CT molecular complexity index is 483. The van der Waals surface area contributed by atoms with Crippen LogP contribution in [0.15, 0.2) is 45.8 Å². The molecule has 2 rings (SSSR count). The van der Waals surface area contributed by atoms with Crippen LogP contribution in [0.1, 0.15) is 0 Å². The number of allylic oxidation sites excluding steroid dienone is 8. The van der Waals surface area contributed by atoms with Crippen LogP contribution in [0, 0.1) is 0 Å². The molecule has 0 saturated heterocycles. The van der Waals surface area contributed by atoms with Gasteiger partial charge >= 0.3 is 42.8 Å². The Morgan fingerprint density at radius 2 is 1.30 bits per heavy atom. The van der Waals surface area contributed by atoms with Crippen molar-refractivity contribution in [2.75, 3.05) is 0 Å². The van der Waals surface area contributed by atoms with Gasteiger partial charge in [0.15, 0.2) is 0 Å². The fraction of sp³-hybridized carbons (Fsp3) is 0.429. The molecule has 0 aromatic heterocycles. The Labute approximate surface area is 143 Å². The van der Waals surface area contributed by atoms with Crippen LogP contribution in [-0.2, 0) is 15.2 Å². The van der Waals surface area contributed by atoms with E-state index in [1.54, 1.807) is 10.4 Å². The molecule has 0 atom stereocenters. The zero-order valence-corrected chi connectivity index (χ0v) is 20.4. The molecule has 0 fully saturated rings. The molecule has 6 heteroatoms. The number of rotatable bonds is 2. The molecule has 0 heterocycles. The molecule has 0 nitrogen and oxygen atoms in total. The summed E-state index contributed by atoms with van der Waals surface area (Å²) in [5.74, 6) is 0. The molecule has 0 amide bonds. The van der Waals surface area contributed by atoms with E-state index in [0.29, 0.717) is 0 Å². The first-order valence-electron chi connectivity index (χ1n) is 6.57. The van der Waals surface area contributed by atoms with Crippen molar-refractivity contribution in [3.63, 3.8) is 0 Å². The second kappa shape index (κ2) is 7.05. The van der Waals surface area contributed by atoms with Gasteiger partial charge in [0, 0.05) is 0 Å². The molecule has 0 bridgehead atoms. The summed E-state index contributed by atoms with van der Waals surface area (Å²) in [6.07, 6.45) is 9.55. The molecule has 20 heavy (non-hydrogen) atoms. The zero-order valence-electron chi connectivity index (χ0n) is 12.9. The van der Waals surface area contributed by atoms with Crippen LogP contribution < -0.4 is 0 Å². The average molecular weight is 534 g/mol. The van der Waals surface area contributed by atoms with Gasteiger partial charge in [0.25, 0.3) is 0 Å². The Morgan fingerprint density at radius 3 is 1.70 bits per heavy atom. The van der Waals surface area contributed by atoms with E-state index in [0.717, 1.165) is 0 Å². The van der Waals surface area contributed by atoms with Crippen molar-refractivity contribution in [2.24, 2.45) is 0 Å². The summed E-state index contributed by atoms with van der Waals surface area (Å²) in [4.78, 5) is 0. The Morgan fingerprint density at radius 1 is 0.800 bits per heavy atom. The third-order valence-corrected chi connectivity index (χ3v) is 7.39. The standard InChI is InChI=1S/C14H22Si2.3ClH.Ta/c1-15(2,3)12-9-11-7-8-14(13(11)10-12)16(4,5)6;;;;/h7-10H,1-6H3;3*1H;/q;;;;+3/p-3. The minimum atomic E-state index is -2.18. The van der Waals surface area contributed by atoms with Crippen LogP contribution in [0.2, 0.25) is 39.3 Å². The second-order valence-electron chi connectivity index (χ2n) is 7.05. The number of hydrogen-bond donors (Lipinski definition) is 0. The summed E-state index contributed by atoms with van der Waals surface area (Å²) in [7, 11) is 12.7. The zero-order chi connectivity index (χ0) is 15.7. The first kappa shape index (κ1) is 19.1. The monoisotopic (exact) mass is 532 g/mol. The van der Waals surface area contributed by atoms with E-state index in [1.807, 2.05) is 0 Å². The van der Waals surface area contributed by atoms with E-state index >= 15 is 0 Å². The van der Waals surface area contributed by atoms with Crippen LogP contribution in [0.3, 0.4) is 0 Å². The molecule has 2 aliphatic carbocycles. The summed E-state index contributed by atoms with van der Waals surface area (Å²) in [6, 6.07) is 0. The van der Waals surface area contributed by atoms with Crippen molar-refractivity contribution in [3.8, 4) is 0 Å². The van der Waals surface area contributed by atoms with Crippen LogP contribution in [0.25, 0.3) is 0 Å². The summed E-state index contributed by atoms with van der Waals surface area (Å²) < 4.78 is 0. The number of hydrogen-bond acceptors (Lipinski definition) is 0. The number of fused-ring (bicyclic) bond motifs is 1. The van der Waals surface area contributed by atoms with Gasteiger partial charge in [-0.2, -0.15) is 0 Å². The van der Waals surface area contributed by atoms with Gasteiger partial charge in [-0.1, -0.05) is 74.0 Å². The molecular weight excluding hydrogens is 512 g/mol. The predicted molar refractivity (Wildman–Crippen MR) is 96.6 cm³/mol.